The molecule has 0 amide bonds. The molecule has 2 saturated heterocycles. The van der Waals surface area contributed by atoms with E-state index in [0.29, 0.717) is 41.6 Å². The third-order valence-corrected chi connectivity index (χ3v) is 14.7. The molecule has 0 aromatic carbocycles. The van der Waals surface area contributed by atoms with Gasteiger partial charge < -0.3 is 18.1 Å². The van der Waals surface area contributed by atoms with Gasteiger partial charge in [-0.1, -0.05) is 64.7 Å². The lowest BCUT2D eigenvalue weighted by Crippen LogP contribution is -2.41. The smallest absolute Gasteiger partial charge is 0.163 e. The van der Waals surface area contributed by atoms with Crippen LogP contribution in [0.4, 0.5) is 0 Å². The maximum absolute atomic E-state index is 13.6. The summed E-state index contributed by atoms with van der Waals surface area (Å²) in [6, 6.07) is 0. The van der Waals surface area contributed by atoms with E-state index in [1.807, 2.05) is 28.2 Å². The lowest BCUT2D eigenvalue weighted by atomic mass is 10.0. The van der Waals surface area contributed by atoms with Crippen LogP contribution in [0.3, 0.4) is 0 Å². The number of unbranched alkanes of at least 4 members (excludes halogenated alkanes) is 9. The second-order valence-electron chi connectivity index (χ2n) is 15.7. The number of quaternary nitrogens is 2. The predicted molar refractivity (Wildman–Crippen MR) is 183 cm³/mol. The highest BCUT2D eigenvalue weighted by molar-refractivity contribution is 7.92. The molecule has 47 heavy (non-hydrogen) atoms. The van der Waals surface area contributed by atoms with Gasteiger partial charge in [-0.25, -0.2) is 33.7 Å². The molecule has 0 saturated carbocycles. The van der Waals surface area contributed by atoms with E-state index in [9.17, 15) is 42.8 Å². The molecule has 0 spiro atoms. The van der Waals surface area contributed by atoms with E-state index < -0.39 is 86.8 Å². The Labute approximate surface area is 286 Å². The van der Waals surface area contributed by atoms with Crippen molar-refractivity contribution in [3.8, 4) is 0 Å². The molecule has 0 radical (unpaired) electrons. The van der Waals surface area contributed by atoms with Crippen LogP contribution >= 0.6 is 0 Å². The molecule has 0 aromatic heterocycles. The summed E-state index contributed by atoms with van der Waals surface area (Å²) < 4.78 is 124. The van der Waals surface area contributed by atoms with Gasteiger partial charge in [0.25, 0.3) is 0 Å². The monoisotopic (exact) mass is 751 g/mol. The minimum absolute atomic E-state index is 0.240. The molecule has 17 heteroatoms. The van der Waals surface area contributed by atoms with Crippen LogP contribution in [0.25, 0.3) is 0 Å². The fraction of sp³-hybridized carbons (Fsp3) is 1.00. The molecule has 4 atom stereocenters. The van der Waals surface area contributed by atoms with Gasteiger partial charge in [0, 0.05) is 41.7 Å². The van der Waals surface area contributed by atoms with Crippen molar-refractivity contribution in [3.63, 3.8) is 0 Å². The average Bonchev–Trinajstić information content (AvgIpc) is 3.28. The predicted octanol–water partition coefficient (Wildman–Crippen LogP) is 1.69. The van der Waals surface area contributed by atoms with Gasteiger partial charge in [0.05, 0.1) is 86.1 Å². The van der Waals surface area contributed by atoms with Crippen LogP contribution in [0.5, 0.6) is 0 Å². The third kappa shape index (κ3) is 17.9. The number of hydrogen-bond acceptors (Lipinski definition) is 11. The summed E-state index contributed by atoms with van der Waals surface area (Å²) in [6.07, 6.45) is 10.7. The maximum atomic E-state index is 13.6. The standard InChI is InChI=1S/C30H61N3O10S4/c1-6-7-8-9-10-11-12-13-14-15-16-31(25-44(34,35)21-27-17-32(2,3)19-29(27)23-46(38,39)40)26-45(36,37)22-28-18-33(4,5)20-30(28)24-47(41,42)43/h27-30H,6-26H2,1-5H3. The quantitative estimate of drug-likeness (QED) is 0.0841. The first-order valence-electron chi connectivity index (χ1n) is 17.0. The minimum Gasteiger partial charge on any atom is -0.748 e. The van der Waals surface area contributed by atoms with Gasteiger partial charge in [0.15, 0.2) is 19.7 Å². The summed E-state index contributed by atoms with van der Waals surface area (Å²) in [5, 5.41) is 0. The Bertz CT molecular complexity index is 1320. The Balaban J connectivity index is 2.13. The van der Waals surface area contributed by atoms with Crippen LogP contribution < -0.4 is 0 Å². The summed E-state index contributed by atoms with van der Waals surface area (Å²) in [7, 11) is -9.47. The molecule has 2 aliphatic rings. The second-order valence-corrected chi connectivity index (χ2v) is 22.8. The number of rotatable bonds is 23. The first kappa shape index (κ1) is 42.8. The lowest BCUT2D eigenvalue weighted by Gasteiger charge is -2.25. The van der Waals surface area contributed by atoms with Gasteiger partial charge in [0.2, 0.25) is 0 Å². The Morgan fingerprint density at radius 3 is 1.13 bits per heavy atom. The summed E-state index contributed by atoms with van der Waals surface area (Å²) in [5.74, 6) is -5.33. The summed E-state index contributed by atoms with van der Waals surface area (Å²) in [5.41, 5.74) is 0. The zero-order valence-electron chi connectivity index (χ0n) is 29.2. The number of sulfone groups is 2. The molecule has 2 heterocycles. The molecule has 0 aromatic rings. The largest absolute Gasteiger partial charge is 0.748 e. The maximum Gasteiger partial charge on any atom is 0.163 e. The summed E-state index contributed by atoms with van der Waals surface area (Å²) in [6.45, 7) is 3.90. The Morgan fingerprint density at radius 2 is 0.809 bits per heavy atom. The molecular weight excluding hydrogens is 691 g/mol. The van der Waals surface area contributed by atoms with E-state index in [2.05, 4.69) is 6.92 Å². The van der Waals surface area contributed by atoms with E-state index in [0.717, 1.165) is 25.7 Å². The van der Waals surface area contributed by atoms with Crippen molar-refractivity contribution in [2.24, 2.45) is 23.7 Å². The fourth-order valence-corrected chi connectivity index (χ4v) is 13.6. The van der Waals surface area contributed by atoms with Crippen molar-refractivity contribution in [1.29, 1.82) is 0 Å². The van der Waals surface area contributed by atoms with Crippen molar-refractivity contribution in [2.45, 2.75) is 71.1 Å². The second kappa shape index (κ2) is 17.7. The van der Waals surface area contributed by atoms with Gasteiger partial charge >= 0.3 is 0 Å². The van der Waals surface area contributed by atoms with Gasteiger partial charge in [-0.05, 0) is 6.42 Å². The van der Waals surface area contributed by atoms with Crippen molar-refractivity contribution in [3.05, 3.63) is 0 Å². The van der Waals surface area contributed by atoms with Crippen LogP contribution in [0, 0.1) is 23.7 Å². The van der Waals surface area contributed by atoms with Gasteiger partial charge in [-0.2, -0.15) is 0 Å². The number of hydrogen-bond donors (Lipinski definition) is 0. The van der Waals surface area contributed by atoms with E-state index >= 15 is 0 Å². The van der Waals surface area contributed by atoms with Gasteiger partial charge in [0.1, 0.15) is 11.8 Å². The molecule has 0 aliphatic carbocycles. The lowest BCUT2D eigenvalue weighted by molar-refractivity contribution is -0.880. The molecule has 0 bridgehead atoms. The summed E-state index contributed by atoms with van der Waals surface area (Å²) >= 11 is 0. The van der Waals surface area contributed by atoms with Crippen LogP contribution in [0.15, 0.2) is 0 Å². The van der Waals surface area contributed by atoms with Crippen molar-refractivity contribution in [2.75, 3.05) is 95.7 Å². The van der Waals surface area contributed by atoms with E-state index in [-0.39, 0.29) is 18.1 Å². The van der Waals surface area contributed by atoms with Gasteiger partial charge in [-0.3, -0.25) is 4.90 Å². The highest BCUT2D eigenvalue weighted by Crippen LogP contribution is 2.31. The fourth-order valence-electron chi connectivity index (χ4n) is 7.87. The topological polar surface area (TPSA) is 186 Å². The summed E-state index contributed by atoms with van der Waals surface area (Å²) in [4.78, 5) is 1.43. The molecule has 2 aliphatic heterocycles. The highest BCUT2D eigenvalue weighted by atomic mass is 32.2. The Morgan fingerprint density at radius 1 is 0.511 bits per heavy atom. The number of likely N-dealkylation sites (tertiary alicyclic amines) is 2. The zero-order valence-corrected chi connectivity index (χ0v) is 32.5. The van der Waals surface area contributed by atoms with Crippen molar-refractivity contribution < 1.29 is 51.7 Å². The third-order valence-electron chi connectivity index (χ3n) is 9.61. The highest BCUT2D eigenvalue weighted by Gasteiger charge is 2.45. The molecule has 280 valence electrons. The zero-order chi connectivity index (χ0) is 35.7. The van der Waals surface area contributed by atoms with Crippen LogP contribution in [0.2, 0.25) is 0 Å². The molecule has 0 N–H and O–H groups in total. The normalized spacial score (nSPS) is 25.1. The van der Waals surface area contributed by atoms with Crippen molar-refractivity contribution >= 4 is 39.9 Å². The Hall–Kier alpha value is -0.400. The molecule has 13 nitrogen and oxygen atoms in total. The molecule has 4 unspecified atom stereocenters. The first-order chi connectivity index (χ1) is 21.4. The number of nitrogens with zero attached hydrogens (tertiary/aromatic N) is 3. The van der Waals surface area contributed by atoms with E-state index in [1.165, 1.54) is 37.0 Å². The Kier molecular flexibility index (Phi) is 16.1. The average molecular weight is 752 g/mol. The van der Waals surface area contributed by atoms with E-state index in [4.69, 9.17) is 0 Å². The SMILES string of the molecule is CCCCCCCCCCCCN(CS(=O)(=O)CC1C[N+](C)(C)CC1CS(=O)(=O)[O-])CS(=O)(=O)CC1C[N+](C)(C)CC1CS(=O)(=O)[O-]. The van der Waals surface area contributed by atoms with Crippen molar-refractivity contribution in [1.82, 2.24) is 4.90 Å². The molecule has 2 fully saturated rings. The minimum atomic E-state index is -4.56. The molecular formula is C30H61N3O10S4. The van der Waals surface area contributed by atoms with Crippen LogP contribution in [-0.2, 0) is 39.9 Å². The molecule has 2 rings (SSSR count). The van der Waals surface area contributed by atoms with Crippen LogP contribution in [-0.4, -0.2) is 152 Å². The van der Waals surface area contributed by atoms with Gasteiger partial charge in [-0.15, -0.1) is 0 Å². The first-order valence-corrected chi connectivity index (χ1v) is 23.8. The van der Waals surface area contributed by atoms with E-state index in [1.54, 1.807) is 0 Å². The van der Waals surface area contributed by atoms with Crippen LogP contribution in [0.1, 0.15) is 71.1 Å².